The maximum Gasteiger partial charge on any atom is 0.136 e. The van der Waals surface area contributed by atoms with E-state index in [1.807, 2.05) is 6.92 Å². The fourth-order valence-corrected chi connectivity index (χ4v) is 3.14. The fraction of sp³-hybridized carbons (Fsp3) is 0.417. The van der Waals surface area contributed by atoms with E-state index in [1.54, 1.807) is 0 Å². The largest absolute Gasteiger partial charge is 0.299 e. The molecule has 0 aromatic heterocycles. The van der Waals surface area contributed by atoms with E-state index in [0.29, 0.717) is 11.3 Å². The van der Waals surface area contributed by atoms with E-state index >= 15 is 0 Å². The molecule has 2 atom stereocenters. The van der Waals surface area contributed by atoms with Crippen LogP contribution < -0.4 is 0 Å². The van der Waals surface area contributed by atoms with E-state index in [9.17, 15) is 13.6 Å². The Balaban J connectivity index is 2.15. The van der Waals surface area contributed by atoms with Crippen molar-refractivity contribution in [1.82, 2.24) is 0 Å². The Morgan fingerprint density at radius 1 is 1.38 bits per heavy atom. The molecule has 0 N–H and O–H groups in total. The smallest absolute Gasteiger partial charge is 0.136 e. The SMILES string of the molecule is CC1C(=O)CCC1Sc1cc(F)ccc1F. The minimum absolute atomic E-state index is 0.0623. The Labute approximate surface area is 97.2 Å². The normalized spacial score (nSPS) is 25.1. The van der Waals surface area contributed by atoms with E-state index in [1.165, 1.54) is 17.8 Å². The van der Waals surface area contributed by atoms with Gasteiger partial charge in [-0.2, -0.15) is 0 Å². The van der Waals surface area contributed by atoms with Crippen LogP contribution in [0.3, 0.4) is 0 Å². The third-order valence-electron chi connectivity index (χ3n) is 2.91. The summed E-state index contributed by atoms with van der Waals surface area (Å²) in [6, 6.07) is 3.41. The van der Waals surface area contributed by atoms with Crippen molar-refractivity contribution in [1.29, 1.82) is 0 Å². The van der Waals surface area contributed by atoms with Crippen molar-refractivity contribution in [3.63, 3.8) is 0 Å². The molecule has 0 amide bonds. The Bertz CT molecular complexity index is 419. The summed E-state index contributed by atoms with van der Waals surface area (Å²) in [5.74, 6) is -0.708. The first kappa shape index (κ1) is 11.6. The Hall–Kier alpha value is -0.900. The Kier molecular flexibility index (Phi) is 3.28. The molecule has 16 heavy (non-hydrogen) atoms. The molecule has 0 bridgehead atoms. The van der Waals surface area contributed by atoms with Gasteiger partial charge < -0.3 is 0 Å². The summed E-state index contributed by atoms with van der Waals surface area (Å²) in [5.41, 5.74) is 0. The van der Waals surface area contributed by atoms with Crippen molar-refractivity contribution in [2.24, 2.45) is 5.92 Å². The van der Waals surface area contributed by atoms with Gasteiger partial charge >= 0.3 is 0 Å². The number of hydrogen-bond acceptors (Lipinski definition) is 2. The van der Waals surface area contributed by atoms with Gasteiger partial charge in [0.25, 0.3) is 0 Å². The van der Waals surface area contributed by atoms with Crippen molar-refractivity contribution in [3.8, 4) is 0 Å². The van der Waals surface area contributed by atoms with E-state index in [4.69, 9.17) is 0 Å². The topological polar surface area (TPSA) is 17.1 Å². The molecule has 1 aromatic rings. The predicted molar refractivity (Wildman–Crippen MR) is 59.4 cm³/mol. The zero-order chi connectivity index (χ0) is 11.7. The third-order valence-corrected chi connectivity index (χ3v) is 4.43. The molecule has 2 rings (SSSR count). The number of benzene rings is 1. The van der Waals surface area contributed by atoms with Crippen molar-refractivity contribution in [2.75, 3.05) is 0 Å². The van der Waals surface area contributed by atoms with Crippen LogP contribution >= 0.6 is 11.8 Å². The molecule has 0 radical (unpaired) electrons. The van der Waals surface area contributed by atoms with Gasteiger partial charge in [0.15, 0.2) is 0 Å². The summed E-state index contributed by atoms with van der Waals surface area (Å²) in [6.07, 6.45) is 1.30. The first-order chi connectivity index (χ1) is 7.58. The molecule has 2 unspecified atom stereocenters. The minimum atomic E-state index is -0.444. The number of ketones is 1. The second-order valence-corrected chi connectivity index (χ2v) is 5.31. The lowest BCUT2D eigenvalue weighted by Gasteiger charge is -2.13. The van der Waals surface area contributed by atoms with Crippen LogP contribution in [0.15, 0.2) is 23.1 Å². The summed E-state index contributed by atoms with van der Waals surface area (Å²) in [5, 5.41) is 0.0730. The second-order valence-electron chi connectivity index (χ2n) is 4.02. The number of carbonyl (C=O) groups is 1. The Morgan fingerprint density at radius 3 is 2.75 bits per heavy atom. The lowest BCUT2D eigenvalue weighted by atomic mass is 10.1. The third kappa shape index (κ3) is 2.26. The van der Waals surface area contributed by atoms with E-state index in [0.717, 1.165) is 18.6 Å². The van der Waals surface area contributed by atoms with Crippen LogP contribution in [-0.4, -0.2) is 11.0 Å². The molecule has 1 aliphatic rings. The van der Waals surface area contributed by atoms with Gasteiger partial charge in [-0.3, -0.25) is 4.79 Å². The molecule has 1 aromatic carbocycles. The molecule has 0 spiro atoms. The van der Waals surface area contributed by atoms with Crippen molar-refractivity contribution in [3.05, 3.63) is 29.8 Å². The maximum atomic E-state index is 13.4. The van der Waals surface area contributed by atoms with Gasteiger partial charge in [0.1, 0.15) is 17.4 Å². The minimum Gasteiger partial charge on any atom is -0.299 e. The summed E-state index contributed by atoms with van der Waals surface area (Å²) in [7, 11) is 0. The first-order valence-electron chi connectivity index (χ1n) is 5.22. The highest BCUT2D eigenvalue weighted by atomic mass is 32.2. The Morgan fingerprint density at radius 2 is 2.12 bits per heavy atom. The number of hydrogen-bond donors (Lipinski definition) is 0. The highest BCUT2D eigenvalue weighted by Crippen LogP contribution is 2.38. The average Bonchev–Trinajstić information content (AvgIpc) is 2.55. The van der Waals surface area contributed by atoms with Gasteiger partial charge in [-0.15, -0.1) is 11.8 Å². The molecule has 1 fully saturated rings. The van der Waals surface area contributed by atoms with Crippen molar-refractivity contribution < 1.29 is 13.6 Å². The summed E-state index contributed by atoms with van der Waals surface area (Å²) < 4.78 is 26.3. The van der Waals surface area contributed by atoms with Crippen molar-refractivity contribution in [2.45, 2.75) is 29.9 Å². The molecular weight excluding hydrogens is 230 g/mol. The van der Waals surface area contributed by atoms with Crippen LogP contribution in [-0.2, 0) is 4.79 Å². The van der Waals surface area contributed by atoms with Crippen LogP contribution in [0.25, 0.3) is 0 Å². The number of thioether (sulfide) groups is 1. The van der Waals surface area contributed by atoms with Crippen molar-refractivity contribution >= 4 is 17.5 Å². The van der Waals surface area contributed by atoms with E-state index in [-0.39, 0.29) is 17.0 Å². The highest BCUT2D eigenvalue weighted by Gasteiger charge is 2.32. The molecule has 0 saturated heterocycles. The van der Waals surface area contributed by atoms with Gasteiger partial charge in [-0.05, 0) is 24.6 Å². The number of rotatable bonds is 2. The summed E-state index contributed by atoms with van der Waals surface area (Å²) in [4.78, 5) is 11.6. The zero-order valence-corrected chi connectivity index (χ0v) is 9.69. The second kappa shape index (κ2) is 4.53. The van der Waals surface area contributed by atoms with Gasteiger partial charge in [-0.25, -0.2) is 8.78 Å². The highest BCUT2D eigenvalue weighted by molar-refractivity contribution is 8.00. The van der Waals surface area contributed by atoms with E-state index < -0.39 is 11.6 Å². The maximum absolute atomic E-state index is 13.4. The van der Waals surface area contributed by atoms with Gasteiger partial charge in [0.2, 0.25) is 0 Å². The fourth-order valence-electron chi connectivity index (χ4n) is 1.86. The zero-order valence-electron chi connectivity index (χ0n) is 8.87. The molecule has 1 aliphatic carbocycles. The molecule has 4 heteroatoms. The molecule has 0 heterocycles. The summed E-state index contributed by atoms with van der Waals surface area (Å²) >= 11 is 1.27. The van der Waals surface area contributed by atoms with Crippen LogP contribution in [0.2, 0.25) is 0 Å². The van der Waals surface area contributed by atoms with E-state index in [2.05, 4.69) is 0 Å². The van der Waals surface area contributed by atoms with Crippen LogP contribution in [0.4, 0.5) is 8.78 Å². The summed E-state index contributed by atoms with van der Waals surface area (Å²) in [6.45, 7) is 1.85. The van der Waals surface area contributed by atoms with Gasteiger partial charge in [0, 0.05) is 22.5 Å². The standard InChI is InChI=1S/C12H12F2OS/c1-7-10(15)4-5-11(7)16-12-6-8(13)2-3-9(12)14/h2-3,6-7,11H,4-5H2,1H3. The van der Waals surface area contributed by atoms with Crippen LogP contribution in [0.5, 0.6) is 0 Å². The number of Topliss-reactive ketones (excluding diaryl/α,β-unsaturated/α-hetero) is 1. The predicted octanol–water partition coefficient (Wildman–Crippen LogP) is 3.42. The molecule has 0 aliphatic heterocycles. The lowest BCUT2D eigenvalue weighted by molar-refractivity contribution is -0.120. The van der Waals surface area contributed by atoms with Crippen LogP contribution in [0.1, 0.15) is 19.8 Å². The molecule has 1 saturated carbocycles. The monoisotopic (exact) mass is 242 g/mol. The van der Waals surface area contributed by atoms with Gasteiger partial charge in [-0.1, -0.05) is 6.92 Å². The number of carbonyl (C=O) groups excluding carboxylic acids is 1. The lowest BCUT2D eigenvalue weighted by Crippen LogP contribution is -2.12. The molecule has 86 valence electrons. The molecule has 1 nitrogen and oxygen atoms in total. The first-order valence-corrected chi connectivity index (χ1v) is 6.10. The molecular formula is C12H12F2OS. The number of halogens is 2. The quantitative estimate of drug-likeness (QED) is 0.790. The van der Waals surface area contributed by atoms with Crippen LogP contribution in [0, 0.1) is 17.6 Å². The van der Waals surface area contributed by atoms with Gasteiger partial charge in [0.05, 0.1) is 0 Å². The average molecular weight is 242 g/mol.